The molecule has 0 radical (unpaired) electrons. The van der Waals surface area contributed by atoms with Gasteiger partial charge in [-0.3, -0.25) is 0 Å². The second-order valence-electron chi connectivity index (χ2n) is 8.57. The monoisotopic (exact) mass is 396 g/mol. The van der Waals surface area contributed by atoms with E-state index in [4.69, 9.17) is 0 Å². The van der Waals surface area contributed by atoms with Crippen LogP contribution in [0.15, 0.2) is 48.5 Å². The lowest BCUT2D eigenvalue weighted by molar-refractivity contribution is 0.711. The van der Waals surface area contributed by atoms with E-state index >= 15 is 0 Å². The molecular weight excluding hydrogens is 348 g/mol. The molecule has 29 heavy (non-hydrogen) atoms. The number of rotatable bonds is 8. The summed E-state index contributed by atoms with van der Waals surface area (Å²) in [4.78, 5) is 0. The van der Waals surface area contributed by atoms with Gasteiger partial charge in [-0.1, -0.05) is 111 Å². The molecule has 0 N–H and O–H groups in total. The van der Waals surface area contributed by atoms with Crippen LogP contribution in [0.4, 0.5) is 0 Å². The summed E-state index contributed by atoms with van der Waals surface area (Å²) in [6.07, 6.45) is 4.90. The van der Waals surface area contributed by atoms with Crippen molar-refractivity contribution in [3.05, 3.63) is 70.8 Å². The predicted molar refractivity (Wildman–Crippen MR) is 134 cm³/mol. The summed E-state index contributed by atoms with van der Waals surface area (Å²) in [6.45, 7) is 18.2. The first kappa shape index (κ1) is 27.4. The van der Waals surface area contributed by atoms with Crippen molar-refractivity contribution in [2.45, 2.75) is 112 Å². The molecule has 0 nitrogen and oxygen atoms in total. The van der Waals surface area contributed by atoms with Crippen LogP contribution in [0.25, 0.3) is 0 Å². The largest absolute Gasteiger partial charge is 0.0776 e. The van der Waals surface area contributed by atoms with Gasteiger partial charge in [0.1, 0.15) is 0 Å². The molecule has 2 aromatic carbocycles. The van der Waals surface area contributed by atoms with Crippen LogP contribution in [-0.4, -0.2) is 0 Å². The fourth-order valence-corrected chi connectivity index (χ4v) is 3.27. The van der Waals surface area contributed by atoms with E-state index in [1.165, 1.54) is 47.9 Å². The molecule has 0 aromatic heterocycles. The Morgan fingerprint density at radius 3 is 1.03 bits per heavy atom. The summed E-state index contributed by atoms with van der Waals surface area (Å²) in [5.74, 6) is 2.78. The van der Waals surface area contributed by atoms with Crippen molar-refractivity contribution in [3.63, 3.8) is 0 Å². The summed E-state index contributed by atoms with van der Waals surface area (Å²) in [6, 6.07) is 18.2. The molecule has 0 saturated carbocycles. The molecule has 0 fully saturated rings. The minimum Gasteiger partial charge on any atom is -0.0776 e. The van der Waals surface area contributed by atoms with Crippen LogP contribution in [-0.2, 0) is 0 Å². The van der Waals surface area contributed by atoms with Crippen molar-refractivity contribution >= 4 is 0 Å². The Bertz CT molecular complexity index is 598. The third-order valence-electron chi connectivity index (χ3n) is 6.57. The Labute approximate surface area is 183 Å². The minimum atomic E-state index is 0. The summed E-state index contributed by atoms with van der Waals surface area (Å²) in [7, 11) is 0. The van der Waals surface area contributed by atoms with E-state index in [-0.39, 0.29) is 7.43 Å². The molecule has 0 aliphatic rings. The van der Waals surface area contributed by atoms with E-state index in [9.17, 15) is 0 Å². The molecule has 0 aliphatic heterocycles. The average Bonchev–Trinajstić information content (AvgIpc) is 2.77. The second-order valence-corrected chi connectivity index (χ2v) is 8.57. The van der Waals surface area contributed by atoms with Crippen LogP contribution in [0, 0.1) is 0 Å². The quantitative estimate of drug-likeness (QED) is 0.416. The standard InChI is InChI=1S/2C14H22.CH4/c1-5-11(3)13-7-9-14(10-8-13)12(4)6-2;1-5-11(3)13-8-7-9-14(10-13)12(4)6-2;/h2*7-12H,5-6H2,1-4H3;1H4. The van der Waals surface area contributed by atoms with E-state index in [0.717, 1.165) is 0 Å². The molecule has 2 rings (SSSR count). The highest BCUT2D eigenvalue weighted by Gasteiger charge is 2.07. The van der Waals surface area contributed by atoms with E-state index in [2.05, 4.69) is 104 Å². The molecule has 164 valence electrons. The molecule has 0 heterocycles. The maximum absolute atomic E-state index is 2.38. The molecule has 0 amide bonds. The Kier molecular flexibility index (Phi) is 13.7. The fourth-order valence-electron chi connectivity index (χ4n) is 3.27. The lowest BCUT2D eigenvalue weighted by Crippen LogP contribution is -1.96. The molecule has 0 saturated heterocycles. The highest BCUT2D eigenvalue weighted by molar-refractivity contribution is 5.28. The third kappa shape index (κ3) is 8.77. The summed E-state index contributed by atoms with van der Waals surface area (Å²) in [5, 5.41) is 0. The van der Waals surface area contributed by atoms with Gasteiger partial charge in [0.2, 0.25) is 0 Å². The maximum Gasteiger partial charge on any atom is -0.0193 e. The Morgan fingerprint density at radius 2 is 0.759 bits per heavy atom. The van der Waals surface area contributed by atoms with Gasteiger partial charge in [0.25, 0.3) is 0 Å². The van der Waals surface area contributed by atoms with Gasteiger partial charge >= 0.3 is 0 Å². The van der Waals surface area contributed by atoms with E-state index in [0.29, 0.717) is 23.7 Å². The van der Waals surface area contributed by atoms with Crippen molar-refractivity contribution in [2.75, 3.05) is 0 Å². The highest BCUT2D eigenvalue weighted by Crippen LogP contribution is 2.25. The van der Waals surface area contributed by atoms with Crippen molar-refractivity contribution in [1.29, 1.82) is 0 Å². The predicted octanol–water partition coefficient (Wildman–Crippen LogP) is 10.1. The summed E-state index contributed by atoms with van der Waals surface area (Å²) in [5.41, 5.74) is 5.93. The molecule has 4 unspecified atom stereocenters. The van der Waals surface area contributed by atoms with Gasteiger partial charge in [0.05, 0.1) is 0 Å². The number of benzene rings is 2. The molecule has 0 heteroatoms. The zero-order valence-electron chi connectivity index (χ0n) is 19.8. The van der Waals surface area contributed by atoms with E-state index in [1.807, 2.05) is 0 Å². The topological polar surface area (TPSA) is 0 Å². The molecule has 2 aromatic rings. The number of hydrogen-bond donors (Lipinski definition) is 0. The summed E-state index contributed by atoms with van der Waals surface area (Å²) < 4.78 is 0. The van der Waals surface area contributed by atoms with Crippen LogP contribution in [0.3, 0.4) is 0 Å². The SMILES string of the molecule is C.CCC(C)c1ccc(C(C)CC)cc1.CCC(C)c1cccc(C(C)CC)c1. The van der Waals surface area contributed by atoms with E-state index in [1.54, 1.807) is 0 Å². The molecular formula is C29H48. The lowest BCUT2D eigenvalue weighted by atomic mass is 9.92. The lowest BCUT2D eigenvalue weighted by Gasteiger charge is -2.14. The van der Waals surface area contributed by atoms with Gasteiger partial charge in [-0.2, -0.15) is 0 Å². The molecule has 4 atom stereocenters. The van der Waals surface area contributed by atoms with Crippen LogP contribution in [0.2, 0.25) is 0 Å². The number of hydrogen-bond acceptors (Lipinski definition) is 0. The first-order chi connectivity index (χ1) is 13.4. The average molecular weight is 397 g/mol. The van der Waals surface area contributed by atoms with Crippen LogP contribution < -0.4 is 0 Å². The first-order valence-corrected chi connectivity index (χ1v) is 11.6. The normalized spacial score (nSPS) is 14.6. The van der Waals surface area contributed by atoms with Crippen LogP contribution in [0.1, 0.15) is 134 Å². The van der Waals surface area contributed by atoms with Gasteiger partial charge < -0.3 is 0 Å². The Morgan fingerprint density at radius 1 is 0.483 bits per heavy atom. The zero-order chi connectivity index (χ0) is 21.1. The van der Waals surface area contributed by atoms with Crippen molar-refractivity contribution in [3.8, 4) is 0 Å². The second kappa shape index (κ2) is 14.4. The highest BCUT2D eigenvalue weighted by atomic mass is 14.1. The van der Waals surface area contributed by atoms with E-state index < -0.39 is 0 Å². The fraction of sp³-hybridized carbons (Fsp3) is 0.586. The smallest absolute Gasteiger partial charge is 0.0193 e. The molecule has 0 aliphatic carbocycles. The maximum atomic E-state index is 2.38. The Balaban J connectivity index is 0.000000523. The molecule has 0 bridgehead atoms. The Hall–Kier alpha value is -1.56. The van der Waals surface area contributed by atoms with Gasteiger partial charge in [-0.05, 0) is 71.6 Å². The van der Waals surface area contributed by atoms with Crippen LogP contribution >= 0.6 is 0 Å². The van der Waals surface area contributed by atoms with Gasteiger partial charge in [-0.15, -0.1) is 0 Å². The van der Waals surface area contributed by atoms with Gasteiger partial charge in [-0.25, -0.2) is 0 Å². The van der Waals surface area contributed by atoms with Gasteiger partial charge in [0, 0.05) is 0 Å². The summed E-state index contributed by atoms with van der Waals surface area (Å²) >= 11 is 0. The minimum absolute atomic E-state index is 0. The van der Waals surface area contributed by atoms with Crippen molar-refractivity contribution in [2.24, 2.45) is 0 Å². The molecule has 0 spiro atoms. The first-order valence-electron chi connectivity index (χ1n) is 11.6. The van der Waals surface area contributed by atoms with Crippen molar-refractivity contribution in [1.82, 2.24) is 0 Å². The van der Waals surface area contributed by atoms with Gasteiger partial charge in [0.15, 0.2) is 0 Å². The third-order valence-corrected chi connectivity index (χ3v) is 6.57. The van der Waals surface area contributed by atoms with Crippen molar-refractivity contribution < 1.29 is 0 Å². The van der Waals surface area contributed by atoms with Crippen LogP contribution in [0.5, 0.6) is 0 Å². The zero-order valence-corrected chi connectivity index (χ0v) is 19.8.